The Hall–Kier alpha value is -2.44. The molecule has 1 aliphatic rings. The summed E-state index contributed by atoms with van der Waals surface area (Å²) in [7, 11) is 0. The van der Waals surface area contributed by atoms with Crippen LogP contribution >= 0.6 is 22.9 Å². The monoisotopic (exact) mass is 399 g/mol. The molecular formula is C20H18ClN3O2S. The Labute approximate surface area is 166 Å². The molecule has 1 aliphatic carbocycles. The molecule has 0 atom stereocenters. The van der Waals surface area contributed by atoms with Crippen molar-refractivity contribution in [3.8, 4) is 5.75 Å². The summed E-state index contributed by atoms with van der Waals surface area (Å²) in [5.74, 6) is 0.689. The number of rotatable bonds is 7. The zero-order chi connectivity index (χ0) is 18.6. The standard InChI is InChI=1S/C20H18ClN3O2S/c21-15-3-7-17(8-4-15)26-12-19-23-18(13-27-19)20(25)24(16-5-6-16)11-14-2-1-9-22-10-14/h1-4,7-10,13,16H,5-6,11-12H2. The van der Waals surface area contributed by atoms with E-state index >= 15 is 0 Å². The van der Waals surface area contributed by atoms with Crippen molar-refractivity contribution in [3.05, 3.63) is 75.5 Å². The van der Waals surface area contributed by atoms with Crippen molar-refractivity contribution < 1.29 is 9.53 Å². The Morgan fingerprint density at radius 2 is 2.07 bits per heavy atom. The number of thiazole rings is 1. The molecule has 0 radical (unpaired) electrons. The van der Waals surface area contributed by atoms with Crippen molar-refractivity contribution in [2.45, 2.75) is 32.0 Å². The molecule has 4 rings (SSSR count). The van der Waals surface area contributed by atoms with Crippen LogP contribution in [0.3, 0.4) is 0 Å². The quantitative estimate of drug-likeness (QED) is 0.583. The second kappa shape index (κ2) is 8.06. The summed E-state index contributed by atoms with van der Waals surface area (Å²) in [5, 5.41) is 3.24. The van der Waals surface area contributed by atoms with Gasteiger partial charge in [0.15, 0.2) is 0 Å². The van der Waals surface area contributed by atoms with E-state index in [0.717, 1.165) is 29.2 Å². The molecule has 2 heterocycles. The molecule has 0 unspecified atom stereocenters. The lowest BCUT2D eigenvalue weighted by atomic mass is 10.2. The van der Waals surface area contributed by atoms with Crippen molar-refractivity contribution in [1.82, 2.24) is 14.9 Å². The lowest BCUT2D eigenvalue weighted by molar-refractivity contribution is 0.0724. The average Bonchev–Trinajstić information content (AvgIpc) is 3.43. The van der Waals surface area contributed by atoms with E-state index in [-0.39, 0.29) is 5.91 Å². The smallest absolute Gasteiger partial charge is 0.273 e. The molecule has 7 heteroatoms. The molecule has 1 amide bonds. The van der Waals surface area contributed by atoms with Gasteiger partial charge in [-0.15, -0.1) is 11.3 Å². The highest BCUT2D eigenvalue weighted by atomic mass is 35.5. The number of carbonyl (C=O) groups excluding carboxylic acids is 1. The fourth-order valence-corrected chi connectivity index (χ4v) is 3.54. The van der Waals surface area contributed by atoms with Crippen LogP contribution in [0.15, 0.2) is 54.2 Å². The molecule has 5 nitrogen and oxygen atoms in total. The van der Waals surface area contributed by atoms with E-state index < -0.39 is 0 Å². The average molecular weight is 400 g/mol. The minimum Gasteiger partial charge on any atom is -0.486 e. The van der Waals surface area contributed by atoms with Crippen LogP contribution in [0.5, 0.6) is 5.75 Å². The van der Waals surface area contributed by atoms with E-state index in [1.54, 1.807) is 24.5 Å². The van der Waals surface area contributed by atoms with E-state index in [1.807, 2.05) is 34.5 Å². The van der Waals surface area contributed by atoms with E-state index in [2.05, 4.69) is 9.97 Å². The topological polar surface area (TPSA) is 55.3 Å². The van der Waals surface area contributed by atoms with E-state index in [0.29, 0.717) is 29.9 Å². The van der Waals surface area contributed by atoms with Crippen LogP contribution in [-0.4, -0.2) is 26.8 Å². The number of amides is 1. The maximum absolute atomic E-state index is 12.9. The number of ether oxygens (including phenoxy) is 1. The van der Waals surface area contributed by atoms with Gasteiger partial charge >= 0.3 is 0 Å². The third kappa shape index (κ3) is 4.64. The summed E-state index contributed by atoms with van der Waals surface area (Å²) < 4.78 is 5.71. The first-order chi connectivity index (χ1) is 13.2. The number of aromatic nitrogens is 2. The van der Waals surface area contributed by atoms with Gasteiger partial charge in [0.25, 0.3) is 5.91 Å². The van der Waals surface area contributed by atoms with Crippen LogP contribution in [0.25, 0.3) is 0 Å². The Kier molecular flexibility index (Phi) is 5.36. The molecule has 0 N–H and O–H groups in total. The summed E-state index contributed by atoms with van der Waals surface area (Å²) in [4.78, 5) is 23.5. The molecule has 0 aliphatic heterocycles. The zero-order valence-electron chi connectivity index (χ0n) is 14.5. The van der Waals surface area contributed by atoms with Crippen LogP contribution in [-0.2, 0) is 13.2 Å². The summed E-state index contributed by atoms with van der Waals surface area (Å²) in [5.41, 5.74) is 1.50. The Morgan fingerprint density at radius 1 is 1.26 bits per heavy atom. The van der Waals surface area contributed by atoms with E-state index in [4.69, 9.17) is 16.3 Å². The second-order valence-corrected chi connectivity index (χ2v) is 7.77. The predicted octanol–water partition coefficient (Wildman–Crippen LogP) is 4.58. The van der Waals surface area contributed by atoms with Gasteiger partial charge in [0.2, 0.25) is 0 Å². The number of hydrogen-bond donors (Lipinski definition) is 0. The highest BCUT2D eigenvalue weighted by molar-refractivity contribution is 7.09. The molecule has 1 saturated carbocycles. The molecular weight excluding hydrogens is 382 g/mol. The Balaban J connectivity index is 1.41. The zero-order valence-corrected chi connectivity index (χ0v) is 16.1. The van der Waals surface area contributed by atoms with Crippen molar-refractivity contribution in [1.29, 1.82) is 0 Å². The summed E-state index contributed by atoms with van der Waals surface area (Å²) in [6.45, 7) is 0.886. The first-order valence-electron chi connectivity index (χ1n) is 8.72. The van der Waals surface area contributed by atoms with Crippen molar-refractivity contribution in [3.63, 3.8) is 0 Å². The third-order valence-corrected chi connectivity index (χ3v) is 5.35. The largest absolute Gasteiger partial charge is 0.486 e. The van der Waals surface area contributed by atoms with Crippen molar-refractivity contribution in [2.75, 3.05) is 0 Å². The van der Waals surface area contributed by atoms with Gasteiger partial charge in [0.1, 0.15) is 23.1 Å². The number of halogens is 1. The van der Waals surface area contributed by atoms with E-state index in [1.165, 1.54) is 11.3 Å². The maximum Gasteiger partial charge on any atom is 0.273 e. The fraction of sp³-hybridized carbons (Fsp3) is 0.250. The molecule has 1 aromatic carbocycles. The molecule has 27 heavy (non-hydrogen) atoms. The normalized spacial score (nSPS) is 13.4. The summed E-state index contributed by atoms with van der Waals surface area (Å²) >= 11 is 7.31. The van der Waals surface area contributed by atoms with Crippen LogP contribution < -0.4 is 4.74 Å². The third-order valence-electron chi connectivity index (χ3n) is 4.27. The van der Waals surface area contributed by atoms with Crippen LogP contribution in [0.4, 0.5) is 0 Å². The van der Waals surface area contributed by atoms with Gasteiger partial charge in [-0.3, -0.25) is 9.78 Å². The molecule has 0 bridgehead atoms. The highest BCUT2D eigenvalue weighted by Crippen LogP contribution is 2.30. The molecule has 0 spiro atoms. The first kappa shape index (κ1) is 17.9. The van der Waals surface area contributed by atoms with E-state index in [9.17, 15) is 4.79 Å². The molecule has 3 aromatic rings. The number of nitrogens with zero attached hydrogens (tertiary/aromatic N) is 3. The van der Waals surface area contributed by atoms with Crippen LogP contribution in [0.1, 0.15) is 33.9 Å². The molecule has 138 valence electrons. The SMILES string of the molecule is O=C(c1csc(COc2ccc(Cl)cc2)n1)N(Cc1cccnc1)C1CC1. The van der Waals surface area contributed by atoms with Crippen LogP contribution in [0.2, 0.25) is 5.02 Å². The molecule has 0 saturated heterocycles. The predicted molar refractivity (Wildman–Crippen MR) is 105 cm³/mol. The van der Waals surface area contributed by atoms with Gasteiger partial charge in [-0.05, 0) is 48.7 Å². The molecule has 1 fully saturated rings. The van der Waals surface area contributed by atoms with Gasteiger partial charge in [0.05, 0.1) is 0 Å². The van der Waals surface area contributed by atoms with Crippen molar-refractivity contribution >= 4 is 28.8 Å². The number of pyridine rings is 1. The highest BCUT2D eigenvalue weighted by Gasteiger charge is 2.34. The first-order valence-corrected chi connectivity index (χ1v) is 9.97. The van der Waals surface area contributed by atoms with Gasteiger partial charge in [-0.1, -0.05) is 17.7 Å². The second-order valence-electron chi connectivity index (χ2n) is 6.39. The molecule has 2 aromatic heterocycles. The number of carbonyl (C=O) groups is 1. The summed E-state index contributed by atoms with van der Waals surface area (Å²) in [6, 6.07) is 11.4. The minimum atomic E-state index is -0.0321. The van der Waals surface area contributed by atoms with Crippen LogP contribution in [0, 0.1) is 0 Å². The number of benzene rings is 1. The van der Waals surface area contributed by atoms with Gasteiger partial charge < -0.3 is 9.64 Å². The minimum absolute atomic E-state index is 0.0321. The maximum atomic E-state index is 12.9. The number of hydrogen-bond acceptors (Lipinski definition) is 5. The Bertz CT molecular complexity index is 910. The lowest BCUT2D eigenvalue weighted by Crippen LogP contribution is -2.32. The summed E-state index contributed by atoms with van der Waals surface area (Å²) in [6.07, 6.45) is 5.63. The fourth-order valence-electron chi connectivity index (χ4n) is 2.74. The van der Waals surface area contributed by atoms with Gasteiger partial charge in [-0.2, -0.15) is 0 Å². The van der Waals surface area contributed by atoms with Crippen molar-refractivity contribution in [2.24, 2.45) is 0 Å². The Morgan fingerprint density at radius 3 is 2.78 bits per heavy atom. The lowest BCUT2D eigenvalue weighted by Gasteiger charge is -2.21. The van der Waals surface area contributed by atoms with Gasteiger partial charge in [0, 0.05) is 35.4 Å². The van der Waals surface area contributed by atoms with Gasteiger partial charge in [-0.25, -0.2) is 4.98 Å².